The van der Waals surface area contributed by atoms with E-state index in [0.717, 1.165) is 17.5 Å². The van der Waals surface area contributed by atoms with E-state index < -0.39 is 6.04 Å². The maximum atomic E-state index is 13.1. The van der Waals surface area contributed by atoms with Crippen molar-refractivity contribution in [3.63, 3.8) is 0 Å². The first-order chi connectivity index (χ1) is 13.5. The van der Waals surface area contributed by atoms with Crippen molar-refractivity contribution in [1.82, 2.24) is 10.2 Å². The number of benzene rings is 2. The first-order valence-electron chi connectivity index (χ1n) is 9.70. The number of ether oxygens (including phenoxy) is 1. The van der Waals surface area contributed by atoms with Crippen LogP contribution in [0.4, 0.5) is 0 Å². The number of nitrogens with zero attached hydrogens (tertiary/aromatic N) is 1. The van der Waals surface area contributed by atoms with Crippen molar-refractivity contribution in [2.24, 2.45) is 5.92 Å². The number of hydrogen-bond acceptors (Lipinski definition) is 3. The molecule has 5 nitrogen and oxygen atoms in total. The van der Waals surface area contributed by atoms with E-state index in [9.17, 15) is 9.59 Å². The molecule has 0 fully saturated rings. The van der Waals surface area contributed by atoms with E-state index in [4.69, 9.17) is 4.74 Å². The molecule has 28 heavy (non-hydrogen) atoms. The van der Waals surface area contributed by atoms with Gasteiger partial charge in [0.05, 0.1) is 0 Å². The number of amides is 2. The predicted octanol–water partition coefficient (Wildman–Crippen LogP) is 3.57. The zero-order chi connectivity index (χ0) is 20.4. The summed E-state index contributed by atoms with van der Waals surface area (Å²) in [4.78, 5) is 27.9. The Morgan fingerprint density at radius 2 is 1.61 bits per heavy atom. The third kappa shape index (κ3) is 6.20. The SMILES string of the molecule is COCCCNC(=O)[C@@H](c1ccccc1)N(Cc1ccccc1)C(=O)C(C)C. The number of carbonyl (C=O) groups excluding carboxylic acids is 2. The zero-order valence-corrected chi connectivity index (χ0v) is 16.9. The van der Waals surface area contributed by atoms with Crippen LogP contribution < -0.4 is 5.32 Å². The molecule has 1 atom stereocenters. The minimum absolute atomic E-state index is 0.0512. The molecule has 2 aromatic carbocycles. The standard InChI is InChI=1S/C23H30N2O3/c1-18(2)23(27)25(17-19-11-6-4-7-12-19)21(20-13-8-5-9-14-20)22(26)24-15-10-16-28-3/h4-9,11-14,18,21H,10,15-17H2,1-3H3,(H,24,26)/t21-/m1/s1. The van der Waals surface area contributed by atoms with Gasteiger partial charge in [-0.3, -0.25) is 9.59 Å². The van der Waals surface area contributed by atoms with E-state index in [1.165, 1.54) is 0 Å². The third-order valence-corrected chi connectivity index (χ3v) is 4.47. The van der Waals surface area contributed by atoms with Gasteiger partial charge in [-0.1, -0.05) is 74.5 Å². The third-order valence-electron chi connectivity index (χ3n) is 4.47. The lowest BCUT2D eigenvalue weighted by Gasteiger charge is -2.33. The minimum Gasteiger partial charge on any atom is -0.385 e. The summed E-state index contributed by atoms with van der Waals surface area (Å²) < 4.78 is 5.05. The van der Waals surface area contributed by atoms with Gasteiger partial charge < -0.3 is 15.0 Å². The molecule has 0 unspecified atom stereocenters. The highest BCUT2D eigenvalue weighted by molar-refractivity contribution is 5.89. The lowest BCUT2D eigenvalue weighted by atomic mass is 10.0. The van der Waals surface area contributed by atoms with Crippen LogP contribution in [0.15, 0.2) is 60.7 Å². The zero-order valence-electron chi connectivity index (χ0n) is 16.9. The predicted molar refractivity (Wildman–Crippen MR) is 111 cm³/mol. The first kappa shape index (κ1) is 21.6. The van der Waals surface area contributed by atoms with Crippen LogP contribution in [0, 0.1) is 5.92 Å². The molecule has 150 valence electrons. The van der Waals surface area contributed by atoms with Crippen molar-refractivity contribution in [3.8, 4) is 0 Å². The highest BCUT2D eigenvalue weighted by atomic mass is 16.5. The highest BCUT2D eigenvalue weighted by Crippen LogP contribution is 2.25. The van der Waals surface area contributed by atoms with Gasteiger partial charge in [0.2, 0.25) is 11.8 Å². The first-order valence-corrected chi connectivity index (χ1v) is 9.70. The molecule has 0 saturated carbocycles. The molecule has 0 bridgehead atoms. The van der Waals surface area contributed by atoms with Gasteiger partial charge in [-0.15, -0.1) is 0 Å². The Labute approximate surface area is 167 Å². The van der Waals surface area contributed by atoms with Crippen molar-refractivity contribution >= 4 is 11.8 Å². The molecule has 0 aliphatic rings. The van der Waals surface area contributed by atoms with E-state index in [1.807, 2.05) is 74.5 Å². The lowest BCUT2D eigenvalue weighted by molar-refractivity contribution is -0.144. The second-order valence-electron chi connectivity index (χ2n) is 7.06. The van der Waals surface area contributed by atoms with Gasteiger partial charge in [0.1, 0.15) is 6.04 Å². The summed E-state index contributed by atoms with van der Waals surface area (Å²) in [5, 5.41) is 2.96. The van der Waals surface area contributed by atoms with E-state index in [2.05, 4.69) is 5.32 Å². The van der Waals surface area contributed by atoms with Crippen molar-refractivity contribution in [3.05, 3.63) is 71.8 Å². The highest BCUT2D eigenvalue weighted by Gasteiger charge is 2.32. The number of hydrogen-bond donors (Lipinski definition) is 1. The summed E-state index contributed by atoms with van der Waals surface area (Å²) in [6.07, 6.45) is 0.723. The van der Waals surface area contributed by atoms with Crippen LogP contribution in [0.2, 0.25) is 0 Å². The van der Waals surface area contributed by atoms with Crippen LogP contribution in [-0.4, -0.2) is 37.0 Å². The molecule has 0 heterocycles. The van der Waals surface area contributed by atoms with Gasteiger partial charge in [-0.25, -0.2) is 0 Å². The summed E-state index contributed by atoms with van der Waals surface area (Å²) in [5.74, 6) is -0.437. The normalized spacial score (nSPS) is 11.9. The van der Waals surface area contributed by atoms with Gasteiger partial charge in [0.25, 0.3) is 0 Å². The van der Waals surface area contributed by atoms with E-state index >= 15 is 0 Å². The smallest absolute Gasteiger partial charge is 0.247 e. The number of rotatable bonds is 10. The summed E-state index contributed by atoms with van der Waals surface area (Å²) >= 11 is 0. The Bertz CT molecular complexity index is 732. The van der Waals surface area contributed by atoms with Crippen LogP contribution in [0.3, 0.4) is 0 Å². The molecule has 0 radical (unpaired) electrons. The Morgan fingerprint density at radius 1 is 1.00 bits per heavy atom. The van der Waals surface area contributed by atoms with Crippen LogP contribution in [-0.2, 0) is 20.9 Å². The largest absolute Gasteiger partial charge is 0.385 e. The van der Waals surface area contributed by atoms with Gasteiger partial charge >= 0.3 is 0 Å². The number of carbonyl (C=O) groups is 2. The molecule has 2 amide bonds. The lowest BCUT2D eigenvalue weighted by Crippen LogP contribution is -2.45. The summed E-state index contributed by atoms with van der Waals surface area (Å²) in [7, 11) is 1.64. The molecular formula is C23H30N2O3. The quantitative estimate of drug-likeness (QED) is 0.639. The molecule has 0 aromatic heterocycles. The van der Waals surface area contributed by atoms with Crippen molar-refractivity contribution in [2.45, 2.75) is 32.9 Å². The van der Waals surface area contributed by atoms with Gasteiger partial charge in [0, 0.05) is 32.7 Å². The fraction of sp³-hybridized carbons (Fsp3) is 0.391. The topological polar surface area (TPSA) is 58.6 Å². The van der Waals surface area contributed by atoms with Crippen molar-refractivity contribution in [2.75, 3.05) is 20.3 Å². The molecule has 0 aliphatic heterocycles. The molecular weight excluding hydrogens is 352 g/mol. The molecule has 1 N–H and O–H groups in total. The Morgan fingerprint density at radius 3 is 2.18 bits per heavy atom. The summed E-state index contributed by atoms with van der Waals surface area (Å²) in [6.45, 7) is 5.18. The maximum Gasteiger partial charge on any atom is 0.247 e. The molecule has 0 spiro atoms. The second-order valence-corrected chi connectivity index (χ2v) is 7.06. The second kappa shape index (κ2) is 11.2. The van der Waals surface area contributed by atoms with Crippen LogP contribution in [0.1, 0.15) is 37.4 Å². The molecule has 2 rings (SSSR count). The van der Waals surface area contributed by atoms with Crippen LogP contribution in [0.5, 0.6) is 0 Å². The van der Waals surface area contributed by atoms with Gasteiger partial charge in [0.15, 0.2) is 0 Å². The van der Waals surface area contributed by atoms with Crippen molar-refractivity contribution < 1.29 is 14.3 Å². The molecule has 0 saturated heterocycles. The van der Waals surface area contributed by atoms with Crippen molar-refractivity contribution in [1.29, 1.82) is 0 Å². The minimum atomic E-state index is -0.682. The average Bonchev–Trinajstić information content (AvgIpc) is 2.71. The Balaban J connectivity index is 2.34. The molecule has 2 aromatic rings. The fourth-order valence-corrected chi connectivity index (χ4v) is 3.04. The van der Waals surface area contributed by atoms with E-state index in [0.29, 0.717) is 19.7 Å². The van der Waals surface area contributed by atoms with Crippen LogP contribution >= 0.6 is 0 Å². The van der Waals surface area contributed by atoms with Gasteiger partial charge in [-0.2, -0.15) is 0 Å². The number of nitrogens with one attached hydrogen (secondary N) is 1. The monoisotopic (exact) mass is 382 g/mol. The fourth-order valence-electron chi connectivity index (χ4n) is 3.04. The number of methoxy groups -OCH3 is 1. The Kier molecular flexibility index (Phi) is 8.69. The van der Waals surface area contributed by atoms with E-state index in [-0.39, 0.29) is 17.7 Å². The summed E-state index contributed by atoms with van der Waals surface area (Å²) in [6, 6.07) is 18.6. The van der Waals surface area contributed by atoms with E-state index in [1.54, 1.807) is 12.0 Å². The molecule has 0 aliphatic carbocycles. The van der Waals surface area contributed by atoms with Crippen LogP contribution in [0.25, 0.3) is 0 Å². The summed E-state index contributed by atoms with van der Waals surface area (Å²) in [5.41, 5.74) is 1.79. The average molecular weight is 383 g/mol. The molecule has 5 heteroatoms. The van der Waals surface area contributed by atoms with Gasteiger partial charge in [-0.05, 0) is 17.5 Å². The maximum absolute atomic E-state index is 13.1. The Hall–Kier alpha value is -2.66.